The number of nitrogens with zero attached hydrogens (tertiary/aromatic N) is 2. The molecule has 4 rings (SSSR count). The molecular formula is C17H10ClIN2O3S2. The van der Waals surface area contributed by atoms with Crippen LogP contribution in [0, 0.1) is 3.57 Å². The summed E-state index contributed by atoms with van der Waals surface area (Å²) in [5.41, 5.74) is 2.62. The van der Waals surface area contributed by atoms with Crippen LogP contribution in [-0.2, 0) is 6.61 Å². The molecule has 0 saturated carbocycles. The van der Waals surface area contributed by atoms with Crippen molar-refractivity contribution in [1.29, 1.82) is 0 Å². The number of halogens is 2. The van der Waals surface area contributed by atoms with Crippen LogP contribution in [0.3, 0.4) is 0 Å². The summed E-state index contributed by atoms with van der Waals surface area (Å²) in [6, 6.07) is 7.41. The molecule has 26 heavy (non-hydrogen) atoms. The van der Waals surface area contributed by atoms with Crippen molar-refractivity contribution in [3.63, 3.8) is 0 Å². The molecule has 5 nitrogen and oxygen atoms in total. The molecule has 4 aromatic rings. The molecule has 0 aliphatic rings. The molecule has 0 radical (unpaired) electrons. The normalized spacial score (nSPS) is 11.2. The van der Waals surface area contributed by atoms with E-state index in [9.17, 15) is 9.90 Å². The first-order valence-electron chi connectivity index (χ1n) is 7.36. The number of hydrogen-bond donors (Lipinski definition) is 1. The summed E-state index contributed by atoms with van der Waals surface area (Å²) in [5.74, 6) is -0.666. The second-order valence-corrected chi connectivity index (χ2v) is 8.75. The third-order valence-electron chi connectivity index (χ3n) is 3.68. The van der Waals surface area contributed by atoms with E-state index >= 15 is 0 Å². The van der Waals surface area contributed by atoms with E-state index in [-0.39, 0.29) is 4.88 Å². The zero-order chi connectivity index (χ0) is 18.3. The molecule has 0 aliphatic carbocycles. The standard InChI is InChI=1S/C17H10ClIN2O3S2/c18-10-3-13-12(4-11(10)19)20-8-21(13)15-5-14(16(26-15)17(22)23)24-6-9-1-2-25-7-9/h1-5,7-8H,6H2,(H,22,23). The smallest absolute Gasteiger partial charge is 0.349 e. The fraction of sp³-hybridized carbons (Fsp3) is 0.0588. The van der Waals surface area contributed by atoms with Gasteiger partial charge in [-0.25, -0.2) is 9.78 Å². The number of hydrogen-bond acceptors (Lipinski definition) is 5. The maximum Gasteiger partial charge on any atom is 0.349 e. The maximum absolute atomic E-state index is 11.6. The van der Waals surface area contributed by atoms with E-state index in [0.717, 1.165) is 31.5 Å². The lowest BCUT2D eigenvalue weighted by Gasteiger charge is -2.03. The summed E-state index contributed by atoms with van der Waals surface area (Å²) in [7, 11) is 0. The highest BCUT2D eigenvalue weighted by Crippen LogP contribution is 2.35. The monoisotopic (exact) mass is 516 g/mol. The Labute approximate surface area is 175 Å². The van der Waals surface area contributed by atoms with Crippen LogP contribution in [0.15, 0.2) is 41.4 Å². The highest BCUT2D eigenvalue weighted by Gasteiger charge is 2.19. The van der Waals surface area contributed by atoms with Gasteiger partial charge in [-0.05, 0) is 57.1 Å². The van der Waals surface area contributed by atoms with Gasteiger partial charge in [-0.3, -0.25) is 4.57 Å². The first kappa shape index (κ1) is 17.8. The molecular weight excluding hydrogens is 507 g/mol. The van der Waals surface area contributed by atoms with Crippen molar-refractivity contribution >= 4 is 73.9 Å². The Morgan fingerprint density at radius 2 is 2.23 bits per heavy atom. The van der Waals surface area contributed by atoms with Crippen molar-refractivity contribution < 1.29 is 14.6 Å². The number of benzene rings is 1. The Balaban J connectivity index is 1.74. The lowest BCUT2D eigenvalue weighted by Crippen LogP contribution is -1.99. The Hall–Kier alpha value is -1.62. The van der Waals surface area contributed by atoms with Crippen LogP contribution in [0.4, 0.5) is 0 Å². The summed E-state index contributed by atoms with van der Waals surface area (Å²) >= 11 is 11.1. The summed E-state index contributed by atoms with van der Waals surface area (Å²) in [5, 5.41) is 14.8. The minimum Gasteiger partial charge on any atom is -0.487 e. The van der Waals surface area contributed by atoms with Crippen molar-refractivity contribution in [2.24, 2.45) is 0 Å². The molecule has 0 bridgehead atoms. The Morgan fingerprint density at radius 1 is 1.38 bits per heavy atom. The number of carboxylic acid groups (broad SMARTS) is 1. The average molecular weight is 517 g/mol. The predicted octanol–water partition coefficient (Wildman–Crippen LogP) is 5.68. The van der Waals surface area contributed by atoms with Gasteiger partial charge in [-0.2, -0.15) is 11.3 Å². The van der Waals surface area contributed by atoms with Crippen molar-refractivity contribution in [3.05, 3.63) is 60.4 Å². The highest BCUT2D eigenvalue weighted by atomic mass is 127. The van der Waals surface area contributed by atoms with Gasteiger partial charge in [-0.1, -0.05) is 11.6 Å². The van der Waals surface area contributed by atoms with Crippen LogP contribution < -0.4 is 4.74 Å². The van der Waals surface area contributed by atoms with Gasteiger partial charge in [0.25, 0.3) is 0 Å². The molecule has 1 aromatic carbocycles. The highest BCUT2D eigenvalue weighted by molar-refractivity contribution is 14.1. The van der Waals surface area contributed by atoms with Crippen LogP contribution in [0.25, 0.3) is 16.0 Å². The van der Waals surface area contributed by atoms with E-state index in [1.807, 2.05) is 33.5 Å². The summed E-state index contributed by atoms with van der Waals surface area (Å²) in [6.45, 7) is 0.328. The lowest BCUT2D eigenvalue weighted by molar-refractivity contribution is 0.0697. The van der Waals surface area contributed by atoms with E-state index in [4.69, 9.17) is 16.3 Å². The van der Waals surface area contributed by atoms with E-state index in [1.54, 1.807) is 23.7 Å². The van der Waals surface area contributed by atoms with Crippen LogP contribution in [0.5, 0.6) is 5.75 Å². The number of aromatic nitrogens is 2. The fourth-order valence-electron chi connectivity index (χ4n) is 2.45. The predicted molar refractivity (Wildman–Crippen MR) is 112 cm³/mol. The maximum atomic E-state index is 11.6. The van der Waals surface area contributed by atoms with Gasteiger partial charge in [0.15, 0.2) is 4.88 Å². The van der Waals surface area contributed by atoms with Gasteiger partial charge in [-0.15, -0.1) is 11.3 Å². The molecule has 0 fully saturated rings. The second-order valence-electron chi connectivity index (χ2n) is 5.37. The molecule has 3 aromatic heterocycles. The van der Waals surface area contributed by atoms with Gasteiger partial charge in [0, 0.05) is 9.64 Å². The topological polar surface area (TPSA) is 64.3 Å². The van der Waals surface area contributed by atoms with Crippen LogP contribution in [0.1, 0.15) is 15.2 Å². The molecule has 0 aliphatic heterocycles. The minimum absolute atomic E-state index is 0.161. The number of fused-ring (bicyclic) bond motifs is 1. The summed E-state index contributed by atoms with van der Waals surface area (Å²) in [6.07, 6.45) is 1.66. The number of carboxylic acids is 1. The molecule has 132 valence electrons. The molecule has 0 atom stereocenters. The van der Waals surface area contributed by atoms with Crippen molar-refractivity contribution in [2.75, 3.05) is 0 Å². The van der Waals surface area contributed by atoms with Gasteiger partial charge in [0.05, 0.1) is 16.1 Å². The third kappa shape index (κ3) is 3.34. The number of rotatable bonds is 5. The number of thiophene rings is 2. The van der Waals surface area contributed by atoms with Crippen molar-refractivity contribution in [1.82, 2.24) is 9.55 Å². The number of carbonyl (C=O) groups is 1. The fourth-order valence-corrected chi connectivity index (χ4v) is 4.64. The van der Waals surface area contributed by atoms with Gasteiger partial charge < -0.3 is 9.84 Å². The van der Waals surface area contributed by atoms with Crippen LogP contribution in [-0.4, -0.2) is 20.6 Å². The average Bonchev–Trinajstić information content (AvgIpc) is 3.32. The largest absolute Gasteiger partial charge is 0.487 e. The molecule has 9 heteroatoms. The third-order valence-corrected chi connectivity index (χ3v) is 7.04. The SMILES string of the molecule is O=C(O)c1sc(-n2cnc3cc(I)c(Cl)cc32)cc1OCc1ccsc1. The summed E-state index contributed by atoms with van der Waals surface area (Å²) < 4.78 is 8.49. The minimum atomic E-state index is -1.02. The first-order chi connectivity index (χ1) is 12.5. The molecule has 1 N–H and O–H groups in total. The van der Waals surface area contributed by atoms with Gasteiger partial charge in [0.2, 0.25) is 0 Å². The Bertz CT molecular complexity index is 1110. The second kappa shape index (κ2) is 7.18. The van der Waals surface area contributed by atoms with E-state index in [0.29, 0.717) is 22.4 Å². The zero-order valence-corrected chi connectivity index (χ0v) is 17.5. The molecule has 0 spiro atoms. The number of aromatic carboxylic acids is 1. The van der Waals surface area contributed by atoms with Gasteiger partial charge >= 0.3 is 5.97 Å². The van der Waals surface area contributed by atoms with Crippen molar-refractivity contribution in [2.45, 2.75) is 6.61 Å². The van der Waals surface area contributed by atoms with Crippen molar-refractivity contribution in [3.8, 4) is 10.8 Å². The number of imidazole rings is 1. The van der Waals surface area contributed by atoms with Gasteiger partial charge in [0.1, 0.15) is 23.7 Å². The molecule has 0 saturated heterocycles. The zero-order valence-electron chi connectivity index (χ0n) is 13.0. The molecule has 0 unspecified atom stereocenters. The summed E-state index contributed by atoms with van der Waals surface area (Å²) in [4.78, 5) is 16.2. The number of ether oxygens (including phenoxy) is 1. The first-order valence-corrected chi connectivity index (χ1v) is 10.6. The van der Waals surface area contributed by atoms with E-state index < -0.39 is 5.97 Å². The van der Waals surface area contributed by atoms with Crippen LogP contribution >= 0.6 is 56.9 Å². The van der Waals surface area contributed by atoms with E-state index in [1.165, 1.54) is 0 Å². The quantitative estimate of drug-likeness (QED) is 0.347. The molecule has 0 amide bonds. The lowest BCUT2D eigenvalue weighted by atomic mass is 10.3. The van der Waals surface area contributed by atoms with Crippen LogP contribution in [0.2, 0.25) is 5.02 Å². The van der Waals surface area contributed by atoms with E-state index in [2.05, 4.69) is 27.6 Å². The Kier molecular flexibility index (Phi) is 4.91. The Morgan fingerprint density at radius 3 is 2.96 bits per heavy atom. The molecule has 3 heterocycles.